The first-order valence-electron chi connectivity index (χ1n) is 6.71. The molecule has 112 valence electrons. The Hall–Kier alpha value is -1.36. The Labute approximate surface area is 133 Å². The van der Waals surface area contributed by atoms with Gasteiger partial charge in [-0.05, 0) is 36.8 Å². The monoisotopic (exact) mass is 323 g/mol. The van der Waals surface area contributed by atoms with Crippen LogP contribution in [0.4, 0.5) is 0 Å². The summed E-state index contributed by atoms with van der Waals surface area (Å²) in [4.78, 5) is 13.4. The Morgan fingerprint density at radius 2 is 2.10 bits per heavy atom. The molecule has 0 saturated heterocycles. The highest BCUT2D eigenvalue weighted by atomic mass is 35.5. The van der Waals surface area contributed by atoms with Crippen molar-refractivity contribution in [1.82, 2.24) is 5.32 Å². The maximum atomic E-state index is 11.2. The maximum Gasteiger partial charge on any atom is 0.310 e. The van der Waals surface area contributed by atoms with Gasteiger partial charge in [0.2, 0.25) is 0 Å². The number of esters is 1. The van der Waals surface area contributed by atoms with Crippen LogP contribution in [0.5, 0.6) is 0 Å². The van der Waals surface area contributed by atoms with Crippen LogP contribution >= 0.6 is 22.9 Å². The third kappa shape index (κ3) is 4.84. The Morgan fingerprint density at radius 3 is 2.81 bits per heavy atom. The number of ether oxygens (including phenoxy) is 1. The minimum atomic E-state index is -0.205. The molecule has 0 spiro atoms. The van der Waals surface area contributed by atoms with Crippen LogP contribution in [0.25, 0.3) is 0 Å². The molecule has 0 aliphatic carbocycles. The van der Waals surface area contributed by atoms with E-state index >= 15 is 0 Å². The van der Waals surface area contributed by atoms with E-state index in [0.29, 0.717) is 6.42 Å². The number of nitrogens with one attached hydrogen (secondary N) is 1. The van der Waals surface area contributed by atoms with E-state index in [1.165, 1.54) is 12.0 Å². The molecule has 1 heterocycles. The molecule has 1 atom stereocenters. The molecule has 3 nitrogen and oxygen atoms in total. The maximum absolute atomic E-state index is 11.2. The van der Waals surface area contributed by atoms with Crippen molar-refractivity contribution in [2.24, 2.45) is 0 Å². The number of hydrogen-bond acceptors (Lipinski definition) is 4. The van der Waals surface area contributed by atoms with Gasteiger partial charge in [0.05, 0.1) is 13.5 Å². The highest BCUT2D eigenvalue weighted by molar-refractivity contribution is 7.12. The van der Waals surface area contributed by atoms with Crippen molar-refractivity contribution in [2.75, 3.05) is 7.11 Å². The molecule has 2 rings (SSSR count). The third-order valence-corrected chi connectivity index (χ3v) is 4.52. The van der Waals surface area contributed by atoms with Gasteiger partial charge in [-0.1, -0.05) is 23.7 Å². The first kappa shape index (κ1) is 16.0. The molecule has 0 radical (unpaired) electrons. The lowest BCUT2D eigenvalue weighted by atomic mass is 10.1. The number of thiophene rings is 1. The first-order valence-corrected chi connectivity index (χ1v) is 7.91. The van der Waals surface area contributed by atoms with Crippen molar-refractivity contribution >= 4 is 28.9 Å². The summed E-state index contributed by atoms with van der Waals surface area (Å²) in [6.45, 7) is 2.87. The summed E-state index contributed by atoms with van der Waals surface area (Å²) in [6.07, 6.45) is 0.338. The molecule has 1 unspecified atom stereocenters. The van der Waals surface area contributed by atoms with Crippen LogP contribution in [-0.4, -0.2) is 13.1 Å². The van der Waals surface area contributed by atoms with E-state index in [1.54, 1.807) is 11.3 Å². The van der Waals surface area contributed by atoms with E-state index in [0.717, 1.165) is 22.0 Å². The highest BCUT2D eigenvalue weighted by Crippen LogP contribution is 2.20. The summed E-state index contributed by atoms with van der Waals surface area (Å²) in [5.74, 6) is -0.205. The molecular formula is C16H18ClNO2S. The highest BCUT2D eigenvalue weighted by Gasteiger charge is 2.08. The Bertz CT molecular complexity index is 612. The smallest absolute Gasteiger partial charge is 0.310 e. The summed E-state index contributed by atoms with van der Waals surface area (Å²) >= 11 is 7.63. The largest absolute Gasteiger partial charge is 0.469 e. The van der Waals surface area contributed by atoms with E-state index in [1.807, 2.05) is 30.3 Å². The minimum absolute atomic E-state index is 0.205. The molecule has 0 bridgehead atoms. The van der Waals surface area contributed by atoms with Crippen molar-refractivity contribution in [2.45, 2.75) is 25.9 Å². The topological polar surface area (TPSA) is 38.3 Å². The van der Waals surface area contributed by atoms with Crippen molar-refractivity contribution in [3.05, 3.63) is 56.7 Å². The molecule has 1 aromatic heterocycles. The van der Waals surface area contributed by atoms with Crippen LogP contribution in [-0.2, 0) is 22.5 Å². The van der Waals surface area contributed by atoms with Gasteiger partial charge in [0.15, 0.2) is 0 Å². The lowest BCUT2D eigenvalue weighted by Crippen LogP contribution is -2.17. The van der Waals surface area contributed by atoms with Crippen molar-refractivity contribution in [3.63, 3.8) is 0 Å². The molecule has 0 amide bonds. The second kappa shape index (κ2) is 7.59. The van der Waals surface area contributed by atoms with Gasteiger partial charge in [-0.3, -0.25) is 4.79 Å². The fourth-order valence-corrected chi connectivity index (χ4v) is 3.13. The van der Waals surface area contributed by atoms with Crippen LogP contribution < -0.4 is 5.32 Å². The summed E-state index contributed by atoms with van der Waals surface area (Å²) in [7, 11) is 1.41. The van der Waals surface area contributed by atoms with Crippen LogP contribution in [0.1, 0.15) is 28.3 Å². The average Bonchev–Trinajstić information content (AvgIpc) is 2.92. The second-order valence-electron chi connectivity index (χ2n) is 4.78. The molecule has 2 aromatic rings. The molecule has 5 heteroatoms. The quantitative estimate of drug-likeness (QED) is 0.817. The van der Waals surface area contributed by atoms with E-state index in [4.69, 9.17) is 11.6 Å². The zero-order valence-corrected chi connectivity index (χ0v) is 13.6. The van der Waals surface area contributed by atoms with E-state index in [9.17, 15) is 4.79 Å². The van der Waals surface area contributed by atoms with Crippen molar-refractivity contribution in [1.29, 1.82) is 0 Å². The molecule has 0 saturated carbocycles. The number of methoxy groups -OCH3 is 1. The zero-order valence-electron chi connectivity index (χ0n) is 12.1. The van der Waals surface area contributed by atoms with Crippen LogP contribution in [0.3, 0.4) is 0 Å². The summed E-state index contributed by atoms with van der Waals surface area (Å²) < 4.78 is 4.67. The Balaban J connectivity index is 1.89. The predicted octanol–water partition coefficient (Wildman–Crippen LogP) is 3.97. The number of halogens is 1. The van der Waals surface area contributed by atoms with Crippen LogP contribution in [0, 0.1) is 0 Å². The molecule has 21 heavy (non-hydrogen) atoms. The summed E-state index contributed by atoms with van der Waals surface area (Å²) in [6, 6.07) is 12.1. The van der Waals surface area contributed by atoms with Crippen LogP contribution in [0.2, 0.25) is 5.02 Å². The van der Waals surface area contributed by atoms with E-state index in [-0.39, 0.29) is 12.0 Å². The first-order chi connectivity index (χ1) is 10.1. The standard InChI is InChI=1S/C16H18ClNO2S/c1-11(12-4-3-5-13(17)8-12)18-10-15-7-6-14(21-15)9-16(19)20-2/h3-8,11,18H,9-10H2,1-2H3. The third-order valence-electron chi connectivity index (χ3n) is 3.19. The van der Waals surface area contributed by atoms with E-state index < -0.39 is 0 Å². The number of carbonyl (C=O) groups excluding carboxylic acids is 1. The fraction of sp³-hybridized carbons (Fsp3) is 0.312. The summed E-state index contributed by atoms with van der Waals surface area (Å²) in [5.41, 5.74) is 1.16. The molecule has 1 N–H and O–H groups in total. The number of benzene rings is 1. The normalized spacial score (nSPS) is 12.1. The number of carbonyl (C=O) groups is 1. The Kier molecular flexibility index (Phi) is 5.79. The van der Waals surface area contributed by atoms with Gasteiger partial charge >= 0.3 is 5.97 Å². The molecule has 1 aromatic carbocycles. The van der Waals surface area contributed by atoms with Crippen molar-refractivity contribution < 1.29 is 9.53 Å². The lowest BCUT2D eigenvalue weighted by molar-refractivity contribution is -0.139. The van der Waals surface area contributed by atoms with Gasteiger partial charge in [-0.15, -0.1) is 11.3 Å². The Morgan fingerprint density at radius 1 is 1.33 bits per heavy atom. The fourth-order valence-electron chi connectivity index (χ4n) is 1.97. The van der Waals surface area contributed by atoms with Gasteiger partial charge in [0.25, 0.3) is 0 Å². The minimum Gasteiger partial charge on any atom is -0.469 e. The number of rotatable bonds is 6. The molecule has 0 aliphatic rings. The molecule has 0 fully saturated rings. The molecular weight excluding hydrogens is 306 g/mol. The number of hydrogen-bond donors (Lipinski definition) is 1. The average molecular weight is 324 g/mol. The lowest BCUT2D eigenvalue weighted by Gasteiger charge is -2.13. The SMILES string of the molecule is COC(=O)Cc1ccc(CNC(C)c2cccc(Cl)c2)s1. The summed E-state index contributed by atoms with van der Waals surface area (Å²) in [5, 5.41) is 4.21. The van der Waals surface area contributed by atoms with E-state index in [2.05, 4.69) is 23.0 Å². The van der Waals surface area contributed by atoms with Gasteiger partial charge < -0.3 is 10.1 Å². The van der Waals surface area contributed by atoms with Gasteiger partial charge in [-0.2, -0.15) is 0 Å². The van der Waals surface area contributed by atoms with Gasteiger partial charge in [0, 0.05) is 27.4 Å². The van der Waals surface area contributed by atoms with Gasteiger partial charge in [-0.25, -0.2) is 0 Å². The zero-order chi connectivity index (χ0) is 15.2. The van der Waals surface area contributed by atoms with Crippen LogP contribution in [0.15, 0.2) is 36.4 Å². The molecule has 0 aliphatic heterocycles. The predicted molar refractivity (Wildman–Crippen MR) is 86.7 cm³/mol. The van der Waals surface area contributed by atoms with Gasteiger partial charge in [0.1, 0.15) is 0 Å². The van der Waals surface area contributed by atoms with Crippen molar-refractivity contribution in [3.8, 4) is 0 Å². The second-order valence-corrected chi connectivity index (χ2v) is 6.47.